The highest BCUT2D eigenvalue weighted by atomic mass is 19.1. The third-order valence-electron chi connectivity index (χ3n) is 5.03. The molecule has 0 bridgehead atoms. The van der Waals surface area contributed by atoms with Crippen LogP contribution in [0.1, 0.15) is 44.8 Å². The van der Waals surface area contributed by atoms with Gasteiger partial charge in [0.05, 0.1) is 0 Å². The summed E-state index contributed by atoms with van der Waals surface area (Å²) < 4.78 is 14.5. The Balaban J connectivity index is 1.49. The average molecular weight is 396 g/mol. The van der Waals surface area contributed by atoms with Crippen LogP contribution in [0.15, 0.2) is 36.5 Å². The molecule has 1 aromatic carbocycles. The van der Waals surface area contributed by atoms with E-state index in [4.69, 9.17) is 0 Å². The van der Waals surface area contributed by atoms with Crippen LogP contribution in [0.2, 0.25) is 0 Å². The molecule has 1 saturated heterocycles. The second-order valence-corrected chi connectivity index (χ2v) is 6.90. The van der Waals surface area contributed by atoms with Gasteiger partial charge in [-0.3, -0.25) is 29.5 Å². The van der Waals surface area contributed by atoms with E-state index in [1.54, 1.807) is 18.2 Å². The Morgan fingerprint density at radius 1 is 1.28 bits per heavy atom. The summed E-state index contributed by atoms with van der Waals surface area (Å²) in [6.45, 7) is 0.0725. The van der Waals surface area contributed by atoms with Gasteiger partial charge in [0.15, 0.2) is 0 Å². The minimum absolute atomic E-state index is 0.0683. The molecule has 4 amide bonds. The second kappa shape index (κ2) is 7.42. The van der Waals surface area contributed by atoms with Gasteiger partial charge in [0.2, 0.25) is 11.8 Å². The summed E-state index contributed by atoms with van der Waals surface area (Å²) in [7, 11) is 0. The van der Waals surface area contributed by atoms with E-state index in [0.29, 0.717) is 5.56 Å². The fourth-order valence-corrected chi connectivity index (χ4v) is 3.54. The predicted molar refractivity (Wildman–Crippen MR) is 97.9 cm³/mol. The summed E-state index contributed by atoms with van der Waals surface area (Å²) in [5, 5.41) is 4.83. The Morgan fingerprint density at radius 2 is 2.10 bits per heavy atom. The lowest BCUT2D eigenvalue weighted by atomic mass is 10.0. The number of nitrogens with one attached hydrogen (secondary N) is 2. The number of halogens is 1. The monoisotopic (exact) mass is 396 g/mol. The Kier molecular flexibility index (Phi) is 4.79. The fraction of sp³-hybridized carbons (Fsp3) is 0.250. The van der Waals surface area contributed by atoms with Crippen LogP contribution in [-0.2, 0) is 22.7 Å². The SMILES string of the molecule is O=C1CCC(N2Cc3cc(CNC(=O)c4ccccn4)c(F)cc3C2=O)C(=O)N1. The first-order valence-electron chi connectivity index (χ1n) is 9.09. The molecule has 0 aliphatic carbocycles. The molecule has 2 aromatic rings. The van der Waals surface area contributed by atoms with Gasteiger partial charge in [-0.25, -0.2) is 4.39 Å². The molecule has 3 heterocycles. The maximum atomic E-state index is 14.5. The molecule has 0 spiro atoms. The van der Waals surface area contributed by atoms with Gasteiger partial charge in [0.1, 0.15) is 17.6 Å². The van der Waals surface area contributed by atoms with Gasteiger partial charge < -0.3 is 10.2 Å². The van der Waals surface area contributed by atoms with Crippen molar-refractivity contribution < 1.29 is 23.6 Å². The van der Waals surface area contributed by atoms with E-state index < -0.39 is 29.6 Å². The van der Waals surface area contributed by atoms with Crippen LogP contribution in [-0.4, -0.2) is 39.6 Å². The zero-order valence-corrected chi connectivity index (χ0v) is 15.3. The maximum Gasteiger partial charge on any atom is 0.270 e. The first kappa shape index (κ1) is 18.7. The summed E-state index contributed by atoms with van der Waals surface area (Å²) in [6.07, 6.45) is 1.87. The molecule has 1 fully saturated rings. The van der Waals surface area contributed by atoms with Gasteiger partial charge in [-0.05, 0) is 36.2 Å². The summed E-state index contributed by atoms with van der Waals surface area (Å²) in [5.41, 5.74) is 1.20. The molecule has 4 rings (SSSR count). The second-order valence-electron chi connectivity index (χ2n) is 6.90. The molecule has 2 aliphatic rings. The third-order valence-corrected chi connectivity index (χ3v) is 5.03. The number of aromatic nitrogens is 1. The Labute approximate surface area is 165 Å². The minimum Gasteiger partial charge on any atom is -0.347 e. The highest BCUT2D eigenvalue weighted by molar-refractivity contribution is 6.05. The molecular weight excluding hydrogens is 379 g/mol. The van der Waals surface area contributed by atoms with Gasteiger partial charge >= 0.3 is 0 Å². The highest BCUT2D eigenvalue weighted by Crippen LogP contribution is 2.29. The normalized spacial score (nSPS) is 18.4. The largest absolute Gasteiger partial charge is 0.347 e. The number of hydrogen-bond donors (Lipinski definition) is 2. The number of fused-ring (bicyclic) bond motifs is 1. The Morgan fingerprint density at radius 3 is 2.83 bits per heavy atom. The third kappa shape index (κ3) is 3.58. The molecular formula is C20H17FN4O4. The smallest absolute Gasteiger partial charge is 0.270 e. The summed E-state index contributed by atoms with van der Waals surface area (Å²) in [4.78, 5) is 53.5. The van der Waals surface area contributed by atoms with Crippen molar-refractivity contribution >= 4 is 23.6 Å². The molecule has 9 heteroatoms. The van der Waals surface area contributed by atoms with Crippen molar-refractivity contribution in [2.45, 2.75) is 32.0 Å². The quantitative estimate of drug-likeness (QED) is 0.747. The number of amides is 4. The first-order chi connectivity index (χ1) is 13.9. The number of carbonyl (C=O) groups is 4. The van der Waals surface area contributed by atoms with Gasteiger partial charge in [-0.2, -0.15) is 0 Å². The summed E-state index contributed by atoms with van der Waals surface area (Å²) >= 11 is 0. The zero-order valence-electron chi connectivity index (χ0n) is 15.3. The fourth-order valence-electron chi connectivity index (χ4n) is 3.54. The van der Waals surface area contributed by atoms with Crippen molar-refractivity contribution in [2.75, 3.05) is 0 Å². The number of piperidine rings is 1. The number of hydrogen-bond acceptors (Lipinski definition) is 5. The maximum absolute atomic E-state index is 14.5. The van der Waals surface area contributed by atoms with E-state index in [1.807, 2.05) is 0 Å². The van der Waals surface area contributed by atoms with E-state index in [9.17, 15) is 23.6 Å². The number of rotatable bonds is 4. The van der Waals surface area contributed by atoms with E-state index in [2.05, 4.69) is 15.6 Å². The van der Waals surface area contributed by atoms with Gasteiger partial charge in [0.25, 0.3) is 11.8 Å². The summed E-state index contributed by atoms with van der Waals surface area (Å²) in [5.74, 6) is -2.40. The molecule has 0 radical (unpaired) electrons. The van der Waals surface area contributed by atoms with Gasteiger partial charge in [0, 0.05) is 36.8 Å². The van der Waals surface area contributed by atoms with E-state index >= 15 is 0 Å². The van der Waals surface area contributed by atoms with Crippen LogP contribution >= 0.6 is 0 Å². The first-order valence-corrected chi connectivity index (χ1v) is 9.09. The van der Waals surface area contributed by atoms with Crippen molar-refractivity contribution in [3.05, 3.63) is 64.7 Å². The van der Waals surface area contributed by atoms with Crippen LogP contribution in [0.4, 0.5) is 4.39 Å². The van der Waals surface area contributed by atoms with Crippen LogP contribution < -0.4 is 10.6 Å². The van der Waals surface area contributed by atoms with Crippen molar-refractivity contribution in [1.82, 2.24) is 20.5 Å². The Bertz CT molecular complexity index is 1020. The number of nitrogens with zero attached hydrogens (tertiary/aromatic N) is 2. The van der Waals surface area contributed by atoms with Crippen LogP contribution in [0.5, 0.6) is 0 Å². The Hall–Kier alpha value is -3.62. The molecule has 1 aromatic heterocycles. The van der Waals surface area contributed by atoms with Crippen molar-refractivity contribution in [1.29, 1.82) is 0 Å². The number of pyridine rings is 1. The lowest BCUT2D eigenvalue weighted by Gasteiger charge is -2.29. The van der Waals surface area contributed by atoms with Crippen LogP contribution in [0.3, 0.4) is 0 Å². The van der Waals surface area contributed by atoms with E-state index in [-0.39, 0.29) is 48.7 Å². The molecule has 29 heavy (non-hydrogen) atoms. The number of imide groups is 1. The van der Waals surface area contributed by atoms with Crippen molar-refractivity contribution in [2.24, 2.45) is 0 Å². The molecule has 1 atom stereocenters. The van der Waals surface area contributed by atoms with E-state index in [1.165, 1.54) is 17.2 Å². The molecule has 2 N–H and O–H groups in total. The minimum atomic E-state index is -0.761. The van der Waals surface area contributed by atoms with Gasteiger partial charge in [-0.1, -0.05) is 6.07 Å². The number of carbonyl (C=O) groups excluding carboxylic acids is 4. The zero-order chi connectivity index (χ0) is 20.5. The molecule has 8 nitrogen and oxygen atoms in total. The molecule has 148 valence electrons. The van der Waals surface area contributed by atoms with Gasteiger partial charge in [-0.15, -0.1) is 0 Å². The number of benzene rings is 1. The van der Waals surface area contributed by atoms with Crippen molar-refractivity contribution in [3.63, 3.8) is 0 Å². The topological polar surface area (TPSA) is 108 Å². The predicted octanol–water partition coefficient (Wildman–Crippen LogP) is 0.912. The summed E-state index contributed by atoms with van der Waals surface area (Å²) in [6, 6.07) is 6.79. The lowest BCUT2D eigenvalue weighted by Crippen LogP contribution is -2.52. The lowest BCUT2D eigenvalue weighted by molar-refractivity contribution is -0.136. The molecule has 2 aliphatic heterocycles. The standard InChI is InChI=1S/C20H17FN4O4/c21-14-8-13-12(7-11(14)9-23-18(27)15-3-1-2-6-22-15)10-25(20(13)29)16-4-5-17(26)24-19(16)28/h1-3,6-8,16H,4-5,9-10H2,(H,23,27)(H,24,26,28). The molecule has 0 saturated carbocycles. The van der Waals surface area contributed by atoms with Crippen LogP contribution in [0, 0.1) is 5.82 Å². The molecule has 1 unspecified atom stereocenters. The van der Waals surface area contributed by atoms with Crippen LogP contribution in [0.25, 0.3) is 0 Å². The van der Waals surface area contributed by atoms with E-state index in [0.717, 1.165) is 6.07 Å². The average Bonchev–Trinajstić information content (AvgIpc) is 3.02. The van der Waals surface area contributed by atoms with Crippen molar-refractivity contribution in [3.8, 4) is 0 Å². The highest BCUT2D eigenvalue weighted by Gasteiger charge is 2.39.